The fourth-order valence-corrected chi connectivity index (χ4v) is 3.96. The highest BCUT2D eigenvalue weighted by Gasteiger charge is 2.27. The van der Waals surface area contributed by atoms with E-state index in [0.29, 0.717) is 6.04 Å². The van der Waals surface area contributed by atoms with Crippen molar-refractivity contribution < 1.29 is 14.6 Å². The average molecular weight is 385 g/mol. The van der Waals surface area contributed by atoms with Gasteiger partial charge < -0.3 is 14.6 Å². The second-order valence-corrected chi connectivity index (χ2v) is 7.48. The van der Waals surface area contributed by atoms with Gasteiger partial charge in [0.05, 0.1) is 14.2 Å². The molecule has 0 unspecified atom stereocenters. The largest absolute Gasteiger partial charge is 0.497 e. The van der Waals surface area contributed by atoms with Gasteiger partial charge in [-0.2, -0.15) is 0 Å². The molecule has 2 aromatic carbocycles. The van der Waals surface area contributed by atoms with Crippen molar-refractivity contribution in [1.29, 1.82) is 0 Å². The molecule has 1 N–H and O–H groups in total. The molecule has 152 valence electrons. The van der Waals surface area contributed by atoms with Gasteiger partial charge >= 0.3 is 0 Å². The molecule has 1 atom stereocenters. The summed E-state index contributed by atoms with van der Waals surface area (Å²) in [5.41, 5.74) is 3.87. The summed E-state index contributed by atoms with van der Waals surface area (Å²) in [5, 5.41) is 9.59. The number of rotatable bonds is 8. The van der Waals surface area contributed by atoms with Crippen LogP contribution >= 0.6 is 0 Å². The highest BCUT2D eigenvalue weighted by atomic mass is 16.5. The van der Waals surface area contributed by atoms with E-state index in [0.717, 1.165) is 50.6 Å². The molecule has 1 aliphatic rings. The number of hydrogen-bond acceptors (Lipinski definition) is 5. The molecular weight excluding hydrogens is 352 g/mol. The first-order valence-electron chi connectivity index (χ1n) is 9.97. The molecule has 0 bridgehead atoms. The van der Waals surface area contributed by atoms with E-state index in [4.69, 9.17) is 9.47 Å². The predicted octanol–water partition coefficient (Wildman–Crippen LogP) is 3.08. The van der Waals surface area contributed by atoms with E-state index < -0.39 is 0 Å². The molecule has 3 rings (SSSR count). The Labute approximate surface area is 168 Å². The first kappa shape index (κ1) is 20.6. The van der Waals surface area contributed by atoms with Crippen LogP contribution in [0.1, 0.15) is 23.1 Å². The van der Waals surface area contributed by atoms with Crippen LogP contribution in [0.3, 0.4) is 0 Å². The topological polar surface area (TPSA) is 45.2 Å². The van der Waals surface area contributed by atoms with Crippen molar-refractivity contribution in [2.75, 3.05) is 40.5 Å². The summed E-state index contributed by atoms with van der Waals surface area (Å²) in [7, 11) is 3.37. The molecule has 0 aliphatic carbocycles. The van der Waals surface area contributed by atoms with Gasteiger partial charge in [-0.3, -0.25) is 9.80 Å². The molecule has 0 spiro atoms. The molecule has 5 heteroatoms. The summed E-state index contributed by atoms with van der Waals surface area (Å²) in [6.07, 6.45) is 0.794. The number of benzene rings is 2. The maximum atomic E-state index is 9.59. The number of ether oxygens (including phenoxy) is 2. The Bertz CT molecular complexity index is 765. The molecule has 1 heterocycles. The summed E-state index contributed by atoms with van der Waals surface area (Å²) in [6, 6.07) is 14.9. The van der Waals surface area contributed by atoms with Gasteiger partial charge in [0.25, 0.3) is 0 Å². The molecule has 2 aromatic rings. The Balaban J connectivity index is 1.68. The zero-order valence-electron chi connectivity index (χ0n) is 17.2. The summed E-state index contributed by atoms with van der Waals surface area (Å²) < 4.78 is 10.9. The average Bonchev–Trinajstić information content (AvgIpc) is 2.72. The number of nitrogens with zero attached hydrogens (tertiary/aromatic N) is 2. The summed E-state index contributed by atoms with van der Waals surface area (Å²) in [4.78, 5) is 4.97. The Morgan fingerprint density at radius 3 is 2.54 bits per heavy atom. The number of aliphatic hydroxyl groups is 1. The van der Waals surface area contributed by atoms with Crippen molar-refractivity contribution >= 4 is 0 Å². The van der Waals surface area contributed by atoms with Crippen molar-refractivity contribution in [3.05, 3.63) is 59.2 Å². The summed E-state index contributed by atoms with van der Waals surface area (Å²) >= 11 is 0. The fourth-order valence-electron chi connectivity index (χ4n) is 3.96. The second kappa shape index (κ2) is 9.92. The number of piperazine rings is 1. The number of methoxy groups -OCH3 is 2. The van der Waals surface area contributed by atoms with Gasteiger partial charge in [0.1, 0.15) is 11.5 Å². The third-order valence-electron chi connectivity index (χ3n) is 5.67. The Morgan fingerprint density at radius 2 is 1.82 bits per heavy atom. The number of aliphatic hydroxyl groups excluding tert-OH is 1. The Kier molecular flexibility index (Phi) is 7.31. The molecular formula is C23H32N2O3. The summed E-state index contributed by atoms with van der Waals surface area (Å²) in [6.45, 7) is 7.11. The molecule has 1 fully saturated rings. The smallest absolute Gasteiger partial charge is 0.127 e. The van der Waals surface area contributed by atoms with E-state index in [-0.39, 0.29) is 6.61 Å². The van der Waals surface area contributed by atoms with Crippen molar-refractivity contribution in [2.45, 2.75) is 32.5 Å². The molecule has 5 nitrogen and oxygen atoms in total. The Morgan fingerprint density at radius 1 is 1.00 bits per heavy atom. The number of aryl methyl sites for hydroxylation is 1. The predicted molar refractivity (Wildman–Crippen MR) is 112 cm³/mol. The van der Waals surface area contributed by atoms with E-state index >= 15 is 0 Å². The van der Waals surface area contributed by atoms with Gasteiger partial charge in [-0.05, 0) is 30.5 Å². The lowest BCUT2D eigenvalue weighted by Crippen LogP contribution is -2.52. The standard InChI is InChI=1S/C23H32N2O3/c1-18-6-4-5-7-19(18)16-25-12-11-24(17-21(25)10-13-26)15-20-8-9-22(27-2)14-23(20)28-3/h4-9,14,21,26H,10-13,15-17H2,1-3H3/t21-/m1/s1. The van der Waals surface area contributed by atoms with Crippen LogP contribution in [0.15, 0.2) is 42.5 Å². The van der Waals surface area contributed by atoms with Crippen LogP contribution in [0.25, 0.3) is 0 Å². The zero-order chi connectivity index (χ0) is 19.9. The maximum absolute atomic E-state index is 9.59. The maximum Gasteiger partial charge on any atom is 0.127 e. The monoisotopic (exact) mass is 384 g/mol. The fraction of sp³-hybridized carbons (Fsp3) is 0.478. The first-order chi connectivity index (χ1) is 13.6. The minimum Gasteiger partial charge on any atom is -0.497 e. The van der Waals surface area contributed by atoms with Crippen LogP contribution < -0.4 is 9.47 Å². The lowest BCUT2D eigenvalue weighted by molar-refractivity contribution is 0.0495. The minimum absolute atomic E-state index is 0.217. The van der Waals surface area contributed by atoms with Gasteiger partial charge in [-0.1, -0.05) is 30.3 Å². The van der Waals surface area contributed by atoms with E-state index in [2.05, 4.69) is 47.1 Å². The lowest BCUT2D eigenvalue weighted by Gasteiger charge is -2.41. The van der Waals surface area contributed by atoms with Crippen LogP contribution in [0.2, 0.25) is 0 Å². The molecule has 1 saturated heterocycles. The SMILES string of the molecule is COc1ccc(CN2CCN(Cc3ccccc3C)[C@H](CCO)C2)c(OC)c1. The Hall–Kier alpha value is -2.08. The van der Waals surface area contributed by atoms with Crippen molar-refractivity contribution in [1.82, 2.24) is 9.80 Å². The van der Waals surface area contributed by atoms with Gasteiger partial charge in [0.2, 0.25) is 0 Å². The highest BCUT2D eigenvalue weighted by molar-refractivity contribution is 5.40. The van der Waals surface area contributed by atoms with Gasteiger partial charge in [0, 0.05) is 57.0 Å². The van der Waals surface area contributed by atoms with Gasteiger partial charge in [0.15, 0.2) is 0 Å². The van der Waals surface area contributed by atoms with Crippen LogP contribution in [0, 0.1) is 6.92 Å². The molecule has 0 radical (unpaired) electrons. The van der Waals surface area contributed by atoms with Crippen LogP contribution in [-0.4, -0.2) is 61.4 Å². The van der Waals surface area contributed by atoms with Gasteiger partial charge in [-0.25, -0.2) is 0 Å². The molecule has 0 saturated carbocycles. The van der Waals surface area contributed by atoms with E-state index in [9.17, 15) is 5.11 Å². The number of hydrogen-bond donors (Lipinski definition) is 1. The van der Waals surface area contributed by atoms with E-state index in [1.165, 1.54) is 16.7 Å². The van der Waals surface area contributed by atoms with Crippen molar-refractivity contribution in [3.8, 4) is 11.5 Å². The minimum atomic E-state index is 0.217. The van der Waals surface area contributed by atoms with Crippen LogP contribution in [0.5, 0.6) is 11.5 Å². The molecule has 0 amide bonds. The second-order valence-electron chi connectivity index (χ2n) is 7.48. The van der Waals surface area contributed by atoms with Crippen molar-refractivity contribution in [2.24, 2.45) is 0 Å². The van der Waals surface area contributed by atoms with Crippen LogP contribution in [-0.2, 0) is 13.1 Å². The van der Waals surface area contributed by atoms with E-state index in [1.807, 2.05) is 12.1 Å². The highest BCUT2D eigenvalue weighted by Crippen LogP contribution is 2.27. The van der Waals surface area contributed by atoms with Crippen LogP contribution in [0.4, 0.5) is 0 Å². The molecule has 28 heavy (non-hydrogen) atoms. The van der Waals surface area contributed by atoms with E-state index in [1.54, 1.807) is 14.2 Å². The normalized spacial score (nSPS) is 18.2. The first-order valence-corrected chi connectivity index (χ1v) is 9.97. The third-order valence-corrected chi connectivity index (χ3v) is 5.67. The third kappa shape index (κ3) is 5.04. The molecule has 1 aliphatic heterocycles. The molecule has 0 aromatic heterocycles. The lowest BCUT2D eigenvalue weighted by atomic mass is 10.0. The zero-order valence-corrected chi connectivity index (χ0v) is 17.2. The summed E-state index contributed by atoms with van der Waals surface area (Å²) in [5.74, 6) is 1.67. The van der Waals surface area contributed by atoms with Gasteiger partial charge in [-0.15, -0.1) is 0 Å². The van der Waals surface area contributed by atoms with Crippen molar-refractivity contribution in [3.63, 3.8) is 0 Å². The quantitative estimate of drug-likeness (QED) is 0.758.